The van der Waals surface area contributed by atoms with Gasteiger partial charge in [0.15, 0.2) is 6.10 Å². The monoisotopic (exact) mass is 1230 g/mol. The van der Waals surface area contributed by atoms with Crippen LogP contribution >= 0.6 is 0 Å². The molecule has 0 aliphatic rings. The van der Waals surface area contributed by atoms with E-state index in [1.165, 1.54) is 44.9 Å². The molecule has 0 amide bonds. The maximum Gasteiger partial charge on any atom is 0.361 e. The Morgan fingerprint density at radius 1 is 0.337 bits per heavy atom. The zero-order valence-electron chi connectivity index (χ0n) is 57.0. The van der Waals surface area contributed by atoms with Gasteiger partial charge >= 0.3 is 17.9 Å². The number of hydrogen-bond donors (Lipinski definition) is 1. The Hall–Kier alpha value is -5.61. The molecule has 0 aromatic rings. The second-order valence-electron chi connectivity index (χ2n) is 23.7. The Morgan fingerprint density at radius 3 is 0.899 bits per heavy atom. The van der Waals surface area contributed by atoms with Crippen LogP contribution in [0.1, 0.15) is 245 Å². The van der Waals surface area contributed by atoms with Crippen LogP contribution < -0.4 is 0 Å². The third-order valence-corrected chi connectivity index (χ3v) is 14.2. The number of quaternary nitrogens is 1. The number of allylic oxidation sites excluding steroid dienone is 30. The number of carboxylic acids is 1. The summed E-state index contributed by atoms with van der Waals surface area (Å²) in [5.74, 6) is -2.05. The number of carbonyl (C=O) groups excluding carboxylic acids is 2. The highest BCUT2D eigenvalue weighted by atomic mass is 16.7. The quantitative estimate of drug-likeness (QED) is 0.0211. The molecule has 0 saturated carbocycles. The number of nitrogens with zero attached hydrogens (tertiary/aromatic N) is 1. The summed E-state index contributed by atoms with van der Waals surface area (Å²) in [5.41, 5.74) is 0. The van der Waals surface area contributed by atoms with E-state index in [4.69, 9.17) is 18.9 Å². The molecule has 0 fully saturated rings. The van der Waals surface area contributed by atoms with Gasteiger partial charge in [-0.2, -0.15) is 0 Å². The van der Waals surface area contributed by atoms with E-state index < -0.39 is 24.3 Å². The summed E-state index contributed by atoms with van der Waals surface area (Å²) in [6, 6.07) is 0. The first kappa shape index (κ1) is 83.4. The Bertz CT molecular complexity index is 2120. The molecule has 0 heterocycles. The molecule has 0 aromatic heterocycles. The minimum atomic E-state index is -1.53. The number of unbranched alkanes of at least 4 members (excludes halogenated alkanes) is 17. The van der Waals surface area contributed by atoms with Crippen molar-refractivity contribution in [2.45, 2.75) is 257 Å². The smallest absolute Gasteiger partial charge is 0.361 e. The molecular weight excluding hydrogens is 1100 g/mol. The van der Waals surface area contributed by atoms with E-state index in [2.05, 4.69) is 196 Å². The summed E-state index contributed by atoms with van der Waals surface area (Å²) in [7, 11) is 5.96. The van der Waals surface area contributed by atoms with Crippen LogP contribution in [0.15, 0.2) is 182 Å². The summed E-state index contributed by atoms with van der Waals surface area (Å²) >= 11 is 0. The predicted molar refractivity (Wildman–Crippen MR) is 382 cm³/mol. The fourth-order valence-electron chi connectivity index (χ4n) is 8.89. The molecular formula is C80H128NO8+. The number of rotatable bonds is 62. The molecule has 0 rings (SSSR count). The minimum absolute atomic E-state index is 0.174. The van der Waals surface area contributed by atoms with Crippen molar-refractivity contribution < 1.29 is 42.9 Å². The van der Waals surface area contributed by atoms with Gasteiger partial charge in [0.1, 0.15) is 13.2 Å². The van der Waals surface area contributed by atoms with E-state index in [0.29, 0.717) is 17.4 Å². The molecule has 2 unspecified atom stereocenters. The maximum absolute atomic E-state index is 12.9. The van der Waals surface area contributed by atoms with Crippen LogP contribution in [0.25, 0.3) is 0 Å². The summed E-state index contributed by atoms with van der Waals surface area (Å²) in [6.07, 6.45) is 101. The number of esters is 2. The highest BCUT2D eigenvalue weighted by Crippen LogP contribution is 2.15. The molecule has 0 saturated heterocycles. The molecule has 500 valence electrons. The van der Waals surface area contributed by atoms with Gasteiger partial charge in [0.2, 0.25) is 0 Å². The lowest BCUT2D eigenvalue weighted by atomic mass is 10.0. The number of likely N-dealkylation sites (N-methyl/N-ethyl adjacent to an activating group) is 1. The van der Waals surface area contributed by atoms with Crippen molar-refractivity contribution in [1.82, 2.24) is 0 Å². The molecule has 2 atom stereocenters. The number of carbonyl (C=O) groups is 3. The Morgan fingerprint density at radius 2 is 0.607 bits per heavy atom. The van der Waals surface area contributed by atoms with Gasteiger partial charge in [0.25, 0.3) is 6.29 Å². The molecule has 9 nitrogen and oxygen atoms in total. The molecule has 0 spiro atoms. The average molecular weight is 1230 g/mol. The van der Waals surface area contributed by atoms with Gasteiger partial charge in [0, 0.05) is 12.8 Å². The van der Waals surface area contributed by atoms with Crippen molar-refractivity contribution in [2.75, 3.05) is 47.5 Å². The second kappa shape index (κ2) is 68.3. The van der Waals surface area contributed by atoms with Crippen LogP contribution in [0.3, 0.4) is 0 Å². The van der Waals surface area contributed by atoms with E-state index in [9.17, 15) is 19.5 Å². The van der Waals surface area contributed by atoms with Crippen molar-refractivity contribution in [3.63, 3.8) is 0 Å². The third-order valence-electron chi connectivity index (χ3n) is 14.2. The first-order valence-corrected chi connectivity index (χ1v) is 34.9. The number of hydrogen-bond acceptors (Lipinski definition) is 7. The van der Waals surface area contributed by atoms with E-state index in [1.807, 2.05) is 21.1 Å². The van der Waals surface area contributed by atoms with Gasteiger partial charge in [-0.15, -0.1) is 0 Å². The van der Waals surface area contributed by atoms with Crippen LogP contribution in [-0.2, 0) is 33.3 Å². The first-order valence-electron chi connectivity index (χ1n) is 34.9. The lowest BCUT2D eigenvalue weighted by Gasteiger charge is -2.25. The fourth-order valence-corrected chi connectivity index (χ4v) is 8.89. The summed E-state index contributed by atoms with van der Waals surface area (Å²) in [4.78, 5) is 37.6. The van der Waals surface area contributed by atoms with Gasteiger partial charge in [-0.25, -0.2) is 4.79 Å². The van der Waals surface area contributed by atoms with Crippen LogP contribution in [-0.4, -0.2) is 87.4 Å². The SMILES string of the molecule is CC/C=C\C/C=C\C/C=C\C/C=C\C/C=C\C/C=C\C/C=C\C/C=C\CCCCCCCCC(=O)OC(COC(=O)CCCCCCCCCCCCC/C=C\C/C=C\C/C=C\C/C=C\C/C=C\C/C=C\C/C=C\CC)COC(OCC[N+](C)(C)C)C(=O)O. The summed E-state index contributed by atoms with van der Waals surface area (Å²) < 4.78 is 22.9. The van der Waals surface area contributed by atoms with E-state index in [0.717, 1.165) is 167 Å². The number of aliphatic carboxylic acids is 1. The number of carboxylic acid groups (broad SMARTS) is 1. The average Bonchev–Trinajstić information content (AvgIpc) is 3.64. The highest BCUT2D eigenvalue weighted by Gasteiger charge is 2.25. The van der Waals surface area contributed by atoms with Gasteiger partial charge in [0.05, 0.1) is 34.4 Å². The van der Waals surface area contributed by atoms with E-state index >= 15 is 0 Å². The third kappa shape index (κ3) is 69.7. The largest absolute Gasteiger partial charge is 0.477 e. The van der Waals surface area contributed by atoms with Crippen molar-refractivity contribution in [2.24, 2.45) is 0 Å². The summed E-state index contributed by atoms with van der Waals surface area (Å²) in [6.45, 7) is 4.61. The number of ether oxygens (including phenoxy) is 4. The van der Waals surface area contributed by atoms with Crippen LogP contribution in [0, 0.1) is 0 Å². The molecule has 0 radical (unpaired) electrons. The highest BCUT2D eigenvalue weighted by molar-refractivity contribution is 5.71. The van der Waals surface area contributed by atoms with Crippen LogP contribution in [0.4, 0.5) is 0 Å². The van der Waals surface area contributed by atoms with Crippen molar-refractivity contribution in [3.8, 4) is 0 Å². The van der Waals surface area contributed by atoms with Crippen molar-refractivity contribution in [1.29, 1.82) is 0 Å². The van der Waals surface area contributed by atoms with Gasteiger partial charge in [-0.3, -0.25) is 9.59 Å². The van der Waals surface area contributed by atoms with E-state index in [1.54, 1.807) is 0 Å². The molecule has 0 aliphatic heterocycles. The fraction of sp³-hybridized carbons (Fsp3) is 0.588. The first-order chi connectivity index (χ1) is 43.6. The molecule has 0 bridgehead atoms. The Balaban J connectivity index is 4.24. The minimum Gasteiger partial charge on any atom is -0.477 e. The Kier molecular flexibility index (Phi) is 64.0. The standard InChI is InChI=1S/C80H127NO8/c1-6-8-10-12-14-16-18-20-22-24-26-28-30-32-34-36-38-39-41-42-44-46-48-50-52-54-56-58-60-62-64-66-68-70-77(82)87-74-76(75-88-80(79(84)85)86-73-72-81(3,4)5)89-78(83)71-69-67-65-63-61-59-57-55-53-51-49-47-45-43-40-37-35-33-31-29-27-25-23-21-19-17-15-13-11-9-7-2/h8-11,14-17,20-23,26-29,32-35,38-40,42-44,47,49,53,55,76,80H,6-7,12-13,18-19,24-25,30-31,36-37,41,45-46,48,50-52,54,56-75H2,1-5H3/p+1/b10-8-,11-9-,16-14-,17-15-,22-20-,23-21-,28-26-,29-27-,34-32-,35-33-,39-38-,43-40-,44-42-,49-47-,55-53-. The molecule has 9 heteroatoms. The molecule has 89 heavy (non-hydrogen) atoms. The van der Waals surface area contributed by atoms with Crippen LogP contribution in [0.2, 0.25) is 0 Å². The topological polar surface area (TPSA) is 108 Å². The molecule has 1 N–H and O–H groups in total. The van der Waals surface area contributed by atoms with Crippen molar-refractivity contribution >= 4 is 17.9 Å². The second-order valence-corrected chi connectivity index (χ2v) is 23.7. The Labute approximate surface area is 545 Å². The zero-order valence-corrected chi connectivity index (χ0v) is 57.0. The molecule has 0 aromatic carbocycles. The van der Waals surface area contributed by atoms with Crippen LogP contribution in [0.5, 0.6) is 0 Å². The lowest BCUT2D eigenvalue weighted by Crippen LogP contribution is -2.40. The maximum atomic E-state index is 12.9. The zero-order chi connectivity index (χ0) is 64.7. The predicted octanol–water partition coefficient (Wildman–Crippen LogP) is 22.0. The van der Waals surface area contributed by atoms with Gasteiger partial charge < -0.3 is 28.5 Å². The summed E-state index contributed by atoms with van der Waals surface area (Å²) in [5, 5.41) is 9.75. The van der Waals surface area contributed by atoms with Crippen molar-refractivity contribution in [3.05, 3.63) is 182 Å². The van der Waals surface area contributed by atoms with E-state index in [-0.39, 0.29) is 38.6 Å². The molecule has 0 aliphatic carbocycles. The lowest BCUT2D eigenvalue weighted by molar-refractivity contribution is -0.870. The van der Waals surface area contributed by atoms with Gasteiger partial charge in [-0.05, 0) is 135 Å². The van der Waals surface area contributed by atoms with Gasteiger partial charge in [-0.1, -0.05) is 280 Å². The normalized spacial score (nSPS) is 13.9.